The maximum atomic E-state index is 9.68. The van der Waals surface area contributed by atoms with Gasteiger partial charge in [0, 0.05) is 18.2 Å². The molecular weight excluding hydrogens is 467 g/mol. The summed E-state index contributed by atoms with van der Waals surface area (Å²) in [5.74, 6) is 0. The van der Waals surface area contributed by atoms with Crippen molar-refractivity contribution in [1.82, 2.24) is 0 Å². The van der Waals surface area contributed by atoms with Crippen molar-refractivity contribution in [3.8, 4) is 0 Å². The summed E-state index contributed by atoms with van der Waals surface area (Å²) in [6, 6.07) is 0. The van der Waals surface area contributed by atoms with E-state index in [0.717, 1.165) is 6.71 Å². The molecule has 0 N–H and O–H groups in total. The minimum Gasteiger partial charge on any atom is -0.405 e. The maximum absolute atomic E-state index is 9.68. The van der Waals surface area contributed by atoms with Crippen LogP contribution in [0, 0.1) is 17.9 Å². The summed E-state index contributed by atoms with van der Waals surface area (Å²) in [5, 5.41) is 0. The Morgan fingerprint density at radius 2 is 0.848 bits per heavy atom. The topological polar surface area (TPSA) is 46.2 Å². The fourth-order valence-corrected chi connectivity index (χ4v) is 4.37. The average Bonchev–Trinajstić information content (AvgIpc) is 2.95. The first-order chi connectivity index (χ1) is 13.6. The molecule has 3 fully saturated rings. The quantitative estimate of drug-likeness (QED) is 0.277. The first-order valence-electron chi connectivity index (χ1n) is 11.4. The van der Waals surface area contributed by atoms with Crippen molar-refractivity contribution in [2.24, 2.45) is 10.8 Å². The van der Waals surface area contributed by atoms with Gasteiger partial charge in [0.2, 0.25) is 0 Å². The van der Waals surface area contributed by atoms with Gasteiger partial charge in [0.25, 0.3) is 0 Å². The second-order valence-electron chi connectivity index (χ2n) is 12.6. The zero-order valence-electron chi connectivity index (χ0n) is 22.6. The van der Waals surface area contributed by atoms with E-state index in [9.17, 15) is 4.53 Å². The zero-order valence-corrected chi connectivity index (χ0v) is 23.6. The van der Waals surface area contributed by atoms with Crippen molar-refractivity contribution in [1.29, 1.82) is 0 Å². The Morgan fingerprint density at radius 1 is 0.667 bits per heavy atom. The minimum atomic E-state index is -0.476. The van der Waals surface area contributed by atoms with Crippen LogP contribution < -0.4 is 0 Å². The van der Waals surface area contributed by atoms with Crippen LogP contribution in [0.2, 0.25) is 19.5 Å². The van der Waals surface area contributed by atoms with Gasteiger partial charge >= 0.3 is 14.0 Å². The number of hydrogen-bond donors (Lipinski definition) is 0. The Balaban J connectivity index is -0.000000517. The molecule has 33 heavy (non-hydrogen) atoms. The fraction of sp³-hybridized carbons (Fsp3) is 0.957. The standard InChI is InChI=1S/C12H24B2O4.C9H19B.CH2FO.CH4.Co.H2/c1-9(2)10(3,4)16-13(15-9)14-17-11(5,6)12(7,8)18-14;1-8(2)6-10(5)7-9(8,3)4;1-3-2;;;/h1-8H3;6-7H2,1-5H3;1H2;1H4;;1H/q;;-1;;;. The van der Waals surface area contributed by atoms with Gasteiger partial charge < -0.3 is 23.6 Å². The van der Waals surface area contributed by atoms with Crippen molar-refractivity contribution in [2.75, 3.05) is 0 Å². The summed E-state index contributed by atoms with van der Waals surface area (Å²) in [5.41, 5.74) is -0.316. The molecular formula is C23H51B3CoFO5-. The Morgan fingerprint density at radius 3 is 0.970 bits per heavy atom. The van der Waals surface area contributed by atoms with Crippen molar-refractivity contribution in [2.45, 2.75) is 132 Å². The normalized spacial score (nSPS) is 26.8. The molecule has 0 saturated carbocycles. The molecule has 199 valence electrons. The molecule has 3 heterocycles. The van der Waals surface area contributed by atoms with Crippen molar-refractivity contribution < 1.29 is 46.3 Å². The predicted octanol–water partition coefficient (Wildman–Crippen LogP) is 6.98. The van der Waals surface area contributed by atoms with E-state index in [1.165, 1.54) is 12.6 Å². The van der Waals surface area contributed by atoms with E-state index in [2.05, 4.69) is 46.6 Å². The van der Waals surface area contributed by atoms with Crippen LogP contribution in [0.3, 0.4) is 0 Å². The summed E-state index contributed by atoms with van der Waals surface area (Å²) in [7, 11) is 1.37. The summed E-state index contributed by atoms with van der Waals surface area (Å²) >= 11 is 0. The third kappa shape index (κ3) is 7.96. The second kappa shape index (κ2) is 11.7. The molecule has 0 amide bonds. The van der Waals surface area contributed by atoms with Gasteiger partial charge in [-0.15, -0.1) is 0 Å². The molecule has 3 saturated heterocycles. The summed E-state index contributed by atoms with van der Waals surface area (Å²) in [6.07, 6.45) is 2.81. The largest absolute Gasteiger partial charge is 0.488 e. The Hall–Kier alpha value is 0.431. The zero-order chi connectivity index (χ0) is 24.7. The monoisotopic (exact) mass is 518 g/mol. The van der Waals surface area contributed by atoms with E-state index in [0.29, 0.717) is 10.8 Å². The molecule has 0 aromatic rings. The maximum Gasteiger partial charge on any atom is 0.488 e. The van der Waals surface area contributed by atoms with Gasteiger partial charge in [-0.25, -0.2) is 0 Å². The van der Waals surface area contributed by atoms with Crippen LogP contribution in [-0.2, 0) is 40.3 Å². The minimum absolute atomic E-state index is 0. The number of halogens is 1. The van der Waals surface area contributed by atoms with E-state index in [-0.39, 0.29) is 48.0 Å². The Bertz CT molecular complexity index is 539. The van der Waals surface area contributed by atoms with Crippen LogP contribution in [0.5, 0.6) is 0 Å². The van der Waals surface area contributed by atoms with E-state index in [4.69, 9.17) is 18.6 Å². The molecule has 0 bridgehead atoms. The molecule has 0 aromatic heterocycles. The molecule has 3 aliphatic heterocycles. The van der Waals surface area contributed by atoms with Crippen molar-refractivity contribution >= 4 is 20.7 Å². The fourth-order valence-electron chi connectivity index (χ4n) is 4.37. The predicted molar refractivity (Wildman–Crippen MR) is 137 cm³/mol. The van der Waals surface area contributed by atoms with Gasteiger partial charge in [0.1, 0.15) is 6.71 Å². The van der Waals surface area contributed by atoms with E-state index in [1.807, 2.05) is 55.4 Å². The molecule has 1 radical (unpaired) electrons. The molecule has 0 aliphatic carbocycles. The van der Waals surface area contributed by atoms with Gasteiger partial charge in [0.05, 0.1) is 22.4 Å². The van der Waals surface area contributed by atoms with Gasteiger partial charge in [-0.2, -0.15) is 7.11 Å². The summed E-state index contributed by atoms with van der Waals surface area (Å²) in [6.45, 7) is 29.1. The van der Waals surface area contributed by atoms with Crippen LogP contribution in [0.4, 0.5) is 4.53 Å². The van der Waals surface area contributed by atoms with Crippen molar-refractivity contribution in [3.63, 3.8) is 0 Å². The summed E-state index contributed by atoms with van der Waals surface area (Å²) in [4.78, 5) is 2.50. The number of rotatable bonds is 1. The molecule has 5 nitrogen and oxygen atoms in total. The molecule has 0 aromatic carbocycles. The first-order valence-corrected chi connectivity index (χ1v) is 11.4. The average molecular weight is 518 g/mol. The third-order valence-electron chi connectivity index (χ3n) is 8.31. The molecule has 3 rings (SSSR count). The summed E-state index contributed by atoms with van der Waals surface area (Å²) < 4.78 is 33.5. The first kappa shape index (κ1) is 35.6. The van der Waals surface area contributed by atoms with Gasteiger partial charge in [-0.05, 0) is 66.2 Å². The molecule has 0 atom stereocenters. The Labute approximate surface area is 217 Å². The third-order valence-corrected chi connectivity index (χ3v) is 8.31. The van der Waals surface area contributed by atoms with Crippen LogP contribution in [0.1, 0.15) is 91.9 Å². The van der Waals surface area contributed by atoms with Gasteiger partial charge in [-0.3, -0.25) is 0 Å². The van der Waals surface area contributed by atoms with E-state index < -0.39 is 14.0 Å². The smallest absolute Gasteiger partial charge is 0.405 e. The van der Waals surface area contributed by atoms with Crippen LogP contribution in [-0.4, -0.2) is 43.1 Å². The molecule has 0 spiro atoms. The molecule has 3 aliphatic rings. The van der Waals surface area contributed by atoms with Gasteiger partial charge in [0.15, 0.2) is 0 Å². The van der Waals surface area contributed by atoms with Gasteiger partial charge in [-0.1, -0.05) is 59.1 Å². The SMILES string of the molecule is C.CB1CC(C)(C)C(C)(C)C1.CC1(C)OB(B2OC(C)(C)C(C)(C)O2)OC1(C)C.[CH2-]OF.[Co].[HH]. The van der Waals surface area contributed by atoms with E-state index >= 15 is 0 Å². The van der Waals surface area contributed by atoms with Crippen molar-refractivity contribution in [3.05, 3.63) is 7.11 Å². The Kier molecular flexibility index (Phi) is 12.6. The van der Waals surface area contributed by atoms with Crippen LogP contribution in [0.15, 0.2) is 0 Å². The second-order valence-corrected chi connectivity index (χ2v) is 12.6. The van der Waals surface area contributed by atoms with Crippen LogP contribution in [0.25, 0.3) is 0 Å². The van der Waals surface area contributed by atoms with E-state index in [1.54, 1.807) is 0 Å². The van der Waals surface area contributed by atoms with Crippen LogP contribution >= 0.6 is 0 Å². The number of hydrogen-bond acceptors (Lipinski definition) is 5. The molecule has 10 heteroatoms. The molecule has 0 unspecified atom stereocenters.